The standard InChI is InChI=1S/C17H13FS2/c18-16-8-6-15(7-9-16)17(19-12-13-20-17)11-10-14-4-2-1-3-5-14/h1-9H,12-13H2. The zero-order chi connectivity index (χ0) is 13.8. The topological polar surface area (TPSA) is 0 Å². The molecule has 3 rings (SSSR count). The molecule has 0 N–H and O–H groups in total. The third kappa shape index (κ3) is 2.87. The van der Waals surface area contributed by atoms with E-state index < -0.39 is 0 Å². The quantitative estimate of drug-likeness (QED) is 0.711. The summed E-state index contributed by atoms with van der Waals surface area (Å²) in [7, 11) is 0. The Balaban J connectivity index is 1.97. The molecule has 0 saturated carbocycles. The van der Waals surface area contributed by atoms with E-state index in [9.17, 15) is 4.39 Å². The van der Waals surface area contributed by atoms with E-state index >= 15 is 0 Å². The zero-order valence-electron chi connectivity index (χ0n) is 10.8. The Labute approximate surface area is 127 Å². The second-order valence-electron chi connectivity index (χ2n) is 4.44. The van der Waals surface area contributed by atoms with Crippen LogP contribution in [0.1, 0.15) is 11.1 Å². The SMILES string of the molecule is Fc1ccc(C2(C#Cc3ccccc3)SCCS2)cc1. The molecule has 1 saturated heterocycles. The lowest BCUT2D eigenvalue weighted by molar-refractivity contribution is 0.627. The smallest absolute Gasteiger partial charge is 0.148 e. The number of hydrogen-bond acceptors (Lipinski definition) is 2. The van der Waals surface area contributed by atoms with Gasteiger partial charge < -0.3 is 0 Å². The van der Waals surface area contributed by atoms with Crippen molar-refractivity contribution in [1.29, 1.82) is 0 Å². The minimum absolute atomic E-state index is 0.201. The molecule has 3 heteroatoms. The van der Waals surface area contributed by atoms with Crippen molar-refractivity contribution in [3.05, 3.63) is 71.5 Å². The number of rotatable bonds is 1. The molecule has 0 atom stereocenters. The van der Waals surface area contributed by atoms with Crippen molar-refractivity contribution < 1.29 is 4.39 Å². The van der Waals surface area contributed by atoms with E-state index in [0.29, 0.717) is 0 Å². The van der Waals surface area contributed by atoms with Crippen LogP contribution in [0.25, 0.3) is 0 Å². The molecule has 1 aliphatic rings. The van der Waals surface area contributed by atoms with Gasteiger partial charge in [0.05, 0.1) is 0 Å². The molecule has 2 aromatic rings. The fourth-order valence-corrected chi connectivity index (χ4v) is 5.00. The van der Waals surface area contributed by atoms with Gasteiger partial charge in [0.1, 0.15) is 9.90 Å². The Morgan fingerprint density at radius 1 is 0.900 bits per heavy atom. The molecule has 0 nitrogen and oxygen atoms in total. The average Bonchev–Trinajstić information content (AvgIpc) is 2.97. The first-order chi connectivity index (χ1) is 9.78. The Kier molecular flexibility index (Phi) is 4.05. The first-order valence-corrected chi connectivity index (χ1v) is 8.38. The van der Waals surface area contributed by atoms with Gasteiger partial charge in [0.15, 0.2) is 0 Å². The first kappa shape index (κ1) is 13.6. The molecule has 20 heavy (non-hydrogen) atoms. The summed E-state index contributed by atoms with van der Waals surface area (Å²) in [5.41, 5.74) is 2.09. The maximum absolute atomic E-state index is 13.1. The number of benzene rings is 2. The van der Waals surface area contributed by atoms with Gasteiger partial charge in [-0.05, 0) is 29.8 Å². The third-order valence-electron chi connectivity index (χ3n) is 3.06. The molecule has 0 amide bonds. The van der Waals surface area contributed by atoms with E-state index in [1.807, 2.05) is 66.0 Å². The minimum Gasteiger partial charge on any atom is -0.207 e. The summed E-state index contributed by atoms with van der Waals surface area (Å²) >= 11 is 3.67. The average molecular weight is 300 g/mol. The monoisotopic (exact) mass is 300 g/mol. The molecule has 2 aromatic carbocycles. The van der Waals surface area contributed by atoms with Crippen molar-refractivity contribution in [2.24, 2.45) is 0 Å². The zero-order valence-corrected chi connectivity index (χ0v) is 12.4. The van der Waals surface area contributed by atoms with Crippen LogP contribution in [0.4, 0.5) is 4.39 Å². The summed E-state index contributed by atoms with van der Waals surface area (Å²) in [6.07, 6.45) is 0. The molecular weight excluding hydrogens is 287 g/mol. The summed E-state index contributed by atoms with van der Waals surface area (Å²) in [4.78, 5) is 0. The molecule has 0 aliphatic carbocycles. The number of thioether (sulfide) groups is 2. The highest BCUT2D eigenvalue weighted by molar-refractivity contribution is 8.20. The Hall–Kier alpha value is -1.37. The van der Waals surface area contributed by atoms with Gasteiger partial charge in [-0.15, -0.1) is 23.5 Å². The number of hydrogen-bond donors (Lipinski definition) is 0. The van der Waals surface area contributed by atoms with E-state index in [1.165, 1.54) is 12.1 Å². The van der Waals surface area contributed by atoms with Crippen molar-refractivity contribution in [3.8, 4) is 11.8 Å². The maximum Gasteiger partial charge on any atom is 0.148 e. The van der Waals surface area contributed by atoms with E-state index in [0.717, 1.165) is 22.6 Å². The van der Waals surface area contributed by atoms with Gasteiger partial charge in [0, 0.05) is 17.1 Å². The van der Waals surface area contributed by atoms with Gasteiger partial charge in [-0.25, -0.2) is 4.39 Å². The van der Waals surface area contributed by atoms with Crippen LogP contribution in [0.15, 0.2) is 54.6 Å². The molecule has 0 bridgehead atoms. The third-order valence-corrected chi connectivity index (χ3v) is 6.33. The summed E-state index contributed by atoms with van der Waals surface area (Å²) in [5, 5.41) is 0. The molecule has 0 radical (unpaired) electrons. The highest BCUT2D eigenvalue weighted by Gasteiger charge is 2.35. The summed E-state index contributed by atoms with van der Waals surface area (Å²) in [6.45, 7) is 0. The lowest BCUT2D eigenvalue weighted by Crippen LogP contribution is -2.11. The van der Waals surface area contributed by atoms with Crippen LogP contribution in [-0.2, 0) is 4.08 Å². The highest BCUT2D eigenvalue weighted by atomic mass is 32.2. The second-order valence-corrected chi connectivity index (χ2v) is 7.31. The molecule has 0 aromatic heterocycles. The van der Waals surface area contributed by atoms with Crippen LogP contribution in [0.2, 0.25) is 0 Å². The van der Waals surface area contributed by atoms with E-state index in [4.69, 9.17) is 0 Å². The van der Waals surface area contributed by atoms with Crippen LogP contribution >= 0.6 is 23.5 Å². The lowest BCUT2D eigenvalue weighted by atomic mass is 10.1. The van der Waals surface area contributed by atoms with Crippen LogP contribution in [0, 0.1) is 17.7 Å². The van der Waals surface area contributed by atoms with Gasteiger partial charge in [-0.2, -0.15) is 0 Å². The molecular formula is C17H13FS2. The first-order valence-electron chi connectivity index (χ1n) is 6.41. The van der Waals surface area contributed by atoms with E-state index in [-0.39, 0.29) is 9.90 Å². The van der Waals surface area contributed by atoms with Crippen molar-refractivity contribution >= 4 is 23.5 Å². The van der Waals surface area contributed by atoms with Gasteiger partial charge in [0.2, 0.25) is 0 Å². The molecule has 1 heterocycles. The molecule has 0 spiro atoms. The van der Waals surface area contributed by atoms with Gasteiger partial charge >= 0.3 is 0 Å². The molecule has 1 aliphatic heterocycles. The van der Waals surface area contributed by atoms with Gasteiger partial charge in [-0.3, -0.25) is 0 Å². The largest absolute Gasteiger partial charge is 0.207 e. The Bertz CT molecular complexity index is 632. The Morgan fingerprint density at radius 2 is 1.55 bits per heavy atom. The number of halogens is 1. The fraction of sp³-hybridized carbons (Fsp3) is 0.176. The van der Waals surface area contributed by atoms with Crippen LogP contribution in [0.5, 0.6) is 0 Å². The fourth-order valence-electron chi connectivity index (χ4n) is 2.07. The van der Waals surface area contributed by atoms with E-state index in [1.54, 1.807) is 0 Å². The predicted molar refractivity (Wildman–Crippen MR) is 86.3 cm³/mol. The van der Waals surface area contributed by atoms with Crippen LogP contribution in [-0.4, -0.2) is 11.5 Å². The van der Waals surface area contributed by atoms with Crippen molar-refractivity contribution in [1.82, 2.24) is 0 Å². The molecule has 1 fully saturated rings. The van der Waals surface area contributed by atoms with Crippen molar-refractivity contribution in [3.63, 3.8) is 0 Å². The normalized spacial score (nSPS) is 16.4. The van der Waals surface area contributed by atoms with Gasteiger partial charge in [-0.1, -0.05) is 42.2 Å². The van der Waals surface area contributed by atoms with Crippen molar-refractivity contribution in [2.75, 3.05) is 11.5 Å². The summed E-state index contributed by atoms with van der Waals surface area (Å²) < 4.78 is 12.8. The lowest BCUT2D eigenvalue weighted by Gasteiger charge is -2.21. The van der Waals surface area contributed by atoms with E-state index in [2.05, 4.69) is 11.8 Å². The van der Waals surface area contributed by atoms with Crippen molar-refractivity contribution in [2.45, 2.75) is 4.08 Å². The second kappa shape index (κ2) is 5.95. The Morgan fingerprint density at radius 3 is 2.20 bits per heavy atom. The minimum atomic E-state index is -0.260. The van der Waals surface area contributed by atoms with Crippen LogP contribution in [0.3, 0.4) is 0 Å². The summed E-state index contributed by atoms with van der Waals surface area (Å²) in [5.74, 6) is 8.60. The predicted octanol–water partition coefficient (Wildman–Crippen LogP) is 4.51. The summed E-state index contributed by atoms with van der Waals surface area (Å²) in [6, 6.07) is 16.7. The maximum atomic E-state index is 13.1. The molecule has 0 unspecified atom stereocenters. The van der Waals surface area contributed by atoms with Crippen LogP contribution < -0.4 is 0 Å². The van der Waals surface area contributed by atoms with Gasteiger partial charge in [0.25, 0.3) is 0 Å². The highest BCUT2D eigenvalue weighted by Crippen LogP contribution is 2.51. The molecule has 100 valence electrons.